The van der Waals surface area contributed by atoms with Crippen LogP contribution in [0.25, 0.3) is 0 Å². The molecule has 1 unspecified atom stereocenters. The van der Waals surface area contributed by atoms with Crippen LogP contribution in [0, 0.1) is 0 Å². The van der Waals surface area contributed by atoms with Crippen molar-refractivity contribution in [1.29, 1.82) is 0 Å². The number of nitrogens with one attached hydrogen (secondary N) is 1. The predicted molar refractivity (Wildman–Crippen MR) is 36.6 cm³/mol. The lowest BCUT2D eigenvalue weighted by atomic mass is 10.2. The molecule has 62 valence electrons. The van der Waals surface area contributed by atoms with Gasteiger partial charge in [0.15, 0.2) is 0 Å². The highest BCUT2D eigenvalue weighted by atomic mass is 16.5. The summed E-state index contributed by atoms with van der Waals surface area (Å²) in [7, 11) is 0. The average Bonchev–Trinajstić information content (AvgIpc) is 1.93. The van der Waals surface area contributed by atoms with Gasteiger partial charge in [0.05, 0.1) is 13.0 Å². The fraction of sp³-hybridized carbons (Fsp3) is 0.667. The van der Waals surface area contributed by atoms with E-state index in [0.29, 0.717) is 13.2 Å². The van der Waals surface area contributed by atoms with Crippen LogP contribution in [-0.2, 0) is 14.3 Å². The highest BCUT2D eigenvalue weighted by molar-refractivity contribution is 5.87. The largest absolute Gasteiger partial charge is 0.370 e. The van der Waals surface area contributed by atoms with Gasteiger partial charge < -0.3 is 15.8 Å². The maximum Gasteiger partial charge on any atom is 0.249 e. The van der Waals surface area contributed by atoms with E-state index in [4.69, 9.17) is 10.5 Å². The standard InChI is InChI=1S/C6H10N2O3/c7-5(9)3-4-6(10)8-1-2-11-4/h4H,1-3H2,(H2,7,9)(H,8,10). The number of hydrogen-bond acceptors (Lipinski definition) is 3. The number of rotatable bonds is 2. The first-order chi connectivity index (χ1) is 5.20. The summed E-state index contributed by atoms with van der Waals surface area (Å²) in [5, 5.41) is 2.57. The first-order valence-electron chi connectivity index (χ1n) is 3.38. The molecular weight excluding hydrogens is 148 g/mol. The third kappa shape index (κ3) is 2.19. The summed E-state index contributed by atoms with van der Waals surface area (Å²) in [4.78, 5) is 21.3. The Bertz CT molecular complexity index is 181. The second-order valence-corrected chi connectivity index (χ2v) is 2.32. The van der Waals surface area contributed by atoms with Crippen molar-refractivity contribution in [3.8, 4) is 0 Å². The molecule has 0 radical (unpaired) electrons. The molecule has 0 aromatic heterocycles. The maximum atomic E-state index is 10.9. The monoisotopic (exact) mass is 158 g/mol. The van der Waals surface area contributed by atoms with Gasteiger partial charge in [0.1, 0.15) is 6.10 Å². The second-order valence-electron chi connectivity index (χ2n) is 2.32. The summed E-state index contributed by atoms with van der Waals surface area (Å²) in [6, 6.07) is 0. The molecule has 0 aliphatic carbocycles. The lowest BCUT2D eigenvalue weighted by Gasteiger charge is -2.21. The van der Waals surface area contributed by atoms with Crippen molar-refractivity contribution in [3.63, 3.8) is 0 Å². The van der Waals surface area contributed by atoms with Crippen LogP contribution in [0.5, 0.6) is 0 Å². The normalized spacial score (nSPS) is 24.4. The van der Waals surface area contributed by atoms with Crippen LogP contribution in [-0.4, -0.2) is 31.1 Å². The molecule has 0 aromatic carbocycles. The summed E-state index contributed by atoms with van der Waals surface area (Å²) >= 11 is 0. The molecule has 11 heavy (non-hydrogen) atoms. The van der Waals surface area contributed by atoms with E-state index in [1.54, 1.807) is 0 Å². The molecular formula is C6H10N2O3. The highest BCUT2D eigenvalue weighted by Crippen LogP contribution is 2.01. The van der Waals surface area contributed by atoms with Crippen LogP contribution in [0.1, 0.15) is 6.42 Å². The maximum absolute atomic E-state index is 10.9. The van der Waals surface area contributed by atoms with Crippen LogP contribution in [0.15, 0.2) is 0 Å². The minimum atomic E-state index is -0.679. The summed E-state index contributed by atoms with van der Waals surface area (Å²) in [6.45, 7) is 0.956. The van der Waals surface area contributed by atoms with Crippen molar-refractivity contribution in [2.45, 2.75) is 12.5 Å². The Balaban J connectivity index is 2.42. The summed E-state index contributed by atoms with van der Waals surface area (Å²) < 4.78 is 4.99. The quantitative estimate of drug-likeness (QED) is 0.506. The Morgan fingerprint density at radius 2 is 2.55 bits per heavy atom. The Hall–Kier alpha value is -1.10. The molecule has 2 amide bonds. The Kier molecular flexibility index (Phi) is 2.43. The van der Waals surface area contributed by atoms with Crippen LogP contribution in [0.4, 0.5) is 0 Å². The average molecular weight is 158 g/mol. The van der Waals surface area contributed by atoms with Gasteiger partial charge in [0.2, 0.25) is 11.8 Å². The van der Waals surface area contributed by atoms with Crippen molar-refractivity contribution < 1.29 is 14.3 Å². The molecule has 5 heteroatoms. The lowest BCUT2D eigenvalue weighted by Crippen LogP contribution is -2.45. The zero-order valence-corrected chi connectivity index (χ0v) is 6.00. The molecule has 0 bridgehead atoms. The zero-order chi connectivity index (χ0) is 8.27. The molecule has 1 fully saturated rings. The first kappa shape index (κ1) is 8.00. The minimum absolute atomic E-state index is 0.0359. The van der Waals surface area contributed by atoms with Crippen molar-refractivity contribution in [3.05, 3.63) is 0 Å². The van der Waals surface area contributed by atoms with Crippen molar-refractivity contribution >= 4 is 11.8 Å². The van der Waals surface area contributed by atoms with Crippen molar-refractivity contribution in [2.24, 2.45) is 5.73 Å². The molecule has 1 aliphatic rings. The third-order valence-electron chi connectivity index (χ3n) is 1.40. The SMILES string of the molecule is NC(=O)CC1OCCNC1=O. The van der Waals surface area contributed by atoms with Gasteiger partial charge in [-0.25, -0.2) is 0 Å². The van der Waals surface area contributed by atoms with E-state index in [9.17, 15) is 9.59 Å². The molecule has 1 rings (SSSR count). The fourth-order valence-electron chi connectivity index (χ4n) is 0.899. The lowest BCUT2D eigenvalue weighted by molar-refractivity contribution is -0.141. The number of morpholine rings is 1. The Labute approximate surface area is 63.9 Å². The van der Waals surface area contributed by atoms with E-state index in [1.165, 1.54) is 0 Å². The van der Waals surface area contributed by atoms with Crippen LogP contribution in [0.2, 0.25) is 0 Å². The molecule has 1 saturated heterocycles. The van der Waals surface area contributed by atoms with E-state index < -0.39 is 12.0 Å². The summed E-state index contributed by atoms with van der Waals surface area (Å²) in [5.74, 6) is -0.776. The first-order valence-corrected chi connectivity index (χ1v) is 3.38. The zero-order valence-electron chi connectivity index (χ0n) is 6.00. The number of carbonyl (C=O) groups is 2. The molecule has 1 aliphatic heterocycles. The number of nitrogens with two attached hydrogens (primary N) is 1. The van der Waals surface area contributed by atoms with Gasteiger partial charge in [-0.05, 0) is 0 Å². The second kappa shape index (κ2) is 3.34. The fourth-order valence-corrected chi connectivity index (χ4v) is 0.899. The number of carbonyl (C=O) groups excluding carboxylic acids is 2. The van der Waals surface area contributed by atoms with Gasteiger partial charge >= 0.3 is 0 Å². The molecule has 3 N–H and O–H groups in total. The van der Waals surface area contributed by atoms with Crippen molar-refractivity contribution in [2.75, 3.05) is 13.2 Å². The van der Waals surface area contributed by atoms with E-state index in [0.717, 1.165) is 0 Å². The Morgan fingerprint density at radius 1 is 1.82 bits per heavy atom. The predicted octanol–water partition coefficient (Wildman–Crippen LogP) is -1.62. The van der Waals surface area contributed by atoms with Crippen LogP contribution in [0.3, 0.4) is 0 Å². The van der Waals surface area contributed by atoms with Gasteiger partial charge in [-0.15, -0.1) is 0 Å². The summed E-state index contributed by atoms with van der Waals surface area (Å²) in [6.07, 6.45) is -0.715. The highest BCUT2D eigenvalue weighted by Gasteiger charge is 2.24. The smallest absolute Gasteiger partial charge is 0.249 e. The van der Waals surface area contributed by atoms with E-state index in [1.807, 2.05) is 0 Å². The minimum Gasteiger partial charge on any atom is -0.370 e. The molecule has 1 atom stereocenters. The Morgan fingerprint density at radius 3 is 3.09 bits per heavy atom. The van der Waals surface area contributed by atoms with E-state index in [-0.39, 0.29) is 12.3 Å². The topological polar surface area (TPSA) is 81.4 Å². The van der Waals surface area contributed by atoms with E-state index >= 15 is 0 Å². The van der Waals surface area contributed by atoms with Crippen molar-refractivity contribution in [1.82, 2.24) is 5.32 Å². The van der Waals surface area contributed by atoms with E-state index in [2.05, 4.69) is 5.32 Å². The van der Waals surface area contributed by atoms with Gasteiger partial charge in [-0.1, -0.05) is 0 Å². The van der Waals surface area contributed by atoms with Crippen LogP contribution < -0.4 is 11.1 Å². The van der Waals surface area contributed by atoms with Gasteiger partial charge in [-0.3, -0.25) is 9.59 Å². The third-order valence-corrected chi connectivity index (χ3v) is 1.40. The number of amides is 2. The number of hydrogen-bond donors (Lipinski definition) is 2. The molecule has 0 spiro atoms. The van der Waals surface area contributed by atoms with Crippen LogP contribution >= 0.6 is 0 Å². The molecule has 0 aromatic rings. The van der Waals surface area contributed by atoms with Gasteiger partial charge in [0.25, 0.3) is 0 Å². The van der Waals surface area contributed by atoms with Gasteiger partial charge in [-0.2, -0.15) is 0 Å². The number of primary amides is 1. The number of ether oxygens (including phenoxy) is 1. The van der Waals surface area contributed by atoms with Gasteiger partial charge in [0, 0.05) is 6.54 Å². The molecule has 5 nitrogen and oxygen atoms in total. The molecule has 0 saturated carbocycles. The summed E-state index contributed by atoms with van der Waals surface area (Å²) in [5.41, 5.74) is 4.89. The molecule has 1 heterocycles.